The van der Waals surface area contributed by atoms with E-state index in [-0.39, 0.29) is 5.82 Å². The summed E-state index contributed by atoms with van der Waals surface area (Å²) in [5.41, 5.74) is 1.94. The van der Waals surface area contributed by atoms with Crippen LogP contribution in [0.15, 0.2) is 60.9 Å². The first-order chi connectivity index (χ1) is 11.7. The minimum Gasteiger partial charge on any atom is -0.492 e. The summed E-state index contributed by atoms with van der Waals surface area (Å²) in [5.74, 6) is 0.441. The topological polar surface area (TPSA) is 27.1 Å². The molecular formula is C19H18ClFN2O. The van der Waals surface area contributed by atoms with E-state index in [4.69, 9.17) is 16.3 Å². The molecule has 3 nitrogen and oxygen atoms in total. The molecule has 0 spiro atoms. The van der Waals surface area contributed by atoms with Crippen molar-refractivity contribution >= 4 is 11.6 Å². The summed E-state index contributed by atoms with van der Waals surface area (Å²) >= 11 is 6.29. The second kappa shape index (κ2) is 7.97. The minimum atomic E-state index is -0.226. The number of nitrogens with zero attached hydrogens (tertiary/aromatic N) is 2. The molecule has 124 valence electrons. The lowest BCUT2D eigenvalue weighted by molar-refractivity contribution is 0.299. The Bertz CT molecular complexity index is 790. The predicted molar refractivity (Wildman–Crippen MR) is 93.0 cm³/mol. The first-order valence-corrected chi connectivity index (χ1v) is 8.21. The maximum absolute atomic E-state index is 13.2. The Labute approximate surface area is 145 Å². The van der Waals surface area contributed by atoms with Crippen LogP contribution in [0.1, 0.15) is 17.5 Å². The Morgan fingerprint density at radius 1 is 1.08 bits per heavy atom. The van der Waals surface area contributed by atoms with E-state index in [1.54, 1.807) is 12.3 Å². The highest BCUT2D eigenvalue weighted by molar-refractivity contribution is 6.32. The van der Waals surface area contributed by atoms with Crippen LogP contribution in [0.25, 0.3) is 0 Å². The van der Waals surface area contributed by atoms with Gasteiger partial charge in [0.2, 0.25) is 0 Å². The molecule has 2 aromatic carbocycles. The molecule has 0 aliphatic heterocycles. The van der Waals surface area contributed by atoms with E-state index in [9.17, 15) is 4.39 Å². The average Bonchev–Trinajstić information content (AvgIpc) is 3.07. The van der Waals surface area contributed by atoms with E-state index < -0.39 is 0 Å². The molecule has 0 fully saturated rings. The molecule has 3 aromatic rings. The van der Waals surface area contributed by atoms with Gasteiger partial charge in [0.25, 0.3) is 0 Å². The highest BCUT2D eigenvalue weighted by atomic mass is 35.5. The van der Waals surface area contributed by atoms with Gasteiger partial charge in [0.05, 0.1) is 11.6 Å². The van der Waals surface area contributed by atoms with Crippen LogP contribution in [-0.2, 0) is 13.0 Å². The fraction of sp³-hybridized carbons (Fsp3) is 0.211. The average molecular weight is 345 g/mol. The molecule has 0 atom stereocenters. The summed E-state index contributed by atoms with van der Waals surface area (Å²) in [6.07, 6.45) is 5.17. The molecule has 1 heterocycles. The lowest BCUT2D eigenvalue weighted by Gasteiger charge is -2.10. The van der Waals surface area contributed by atoms with E-state index in [1.165, 1.54) is 12.1 Å². The van der Waals surface area contributed by atoms with Gasteiger partial charge >= 0.3 is 0 Å². The molecule has 0 radical (unpaired) electrons. The van der Waals surface area contributed by atoms with Gasteiger partial charge in [-0.15, -0.1) is 0 Å². The Hall–Kier alpha value is -2.33. The number of halogens is 2. The summed E-state index contributed by atoms with van der Waals surface area (Å²) in [5, 5.41) is 4.72. The zero-order valence-electron chi connectivity index (χ0n) is 13.2. The largest absolute Gasteiger partial charge is 0.492 e. The first kappa shape index (κ1) is 16.5. The zero-order valence-corrected chi connectivity index (χ0v) is 13.9. The van der Waals surface area contributed by atoms with E-state index in [0.717, 1.165) is 24.1 Å². The monoisotopic (exact) mass is 344 g/mol. The number of hydrogen-bond donors (Lipinski definition) is 0. The van der Waals surface area contributed by atoms with Crippen molar-refractivity contribution in [3.05, 3.63) is 82.9 Å². The molecule has 0 unspecified atom stereocenters. The second-order valence-electron chi connectivity index (χ2n) is 5.54. The maximum atomic E-state index is 13.2. The van der Waals surface area contributed by atoms with Gasteiger partial charge in [0, 0.05) is 25.4 Å². The number of hydrogen-bond acceptors (Lipinski definition) is 2. The highest BCUT2D eigenvalue weighted by Gasteiger charge is 2.05. The van der Waals surface area contributed by atoms with Crippen molar-refractivity contribution in [1.82, 2.24) is 9.78 Å². The number of rotatable bonds is 7. The highest BCUT2D eigenvalue weighted by Crippen LogP contribution is 2.26. The molecule has 0 saturated carbocycles. The Kier molecular flexibility index (Phi) is 5.49. The summed E-state index contributed by atoms with van der Waals surface area (Å²) in [6.45, 7) is 1.38. The third-order valence-corrected chi connectivity index (χ3v) is 3.94. The van der Waals surface area contributed by atoms with Crippen LogP contribution in [-0.4, -0.2) is 16.4 Å². The van der Waals surface area contributed by atoms with Crippen molar-refractivity contribution in [2.75, 3.05) is 6.61 Å². The van der Waals surface area contributed by atoms with Gasteiger partial charge in [0.1, 0.15) is 11.6 Å². The molecule has 24 heavy (non-hydrogen) atoms. The molecule has 0 amide bonds. The summed E-state index contributed by atoms with van der Waals surface area (Å²) in [6, 6.07) is 14.2. The van der Waals surface area contributed by atoms with Crippen LogP contribution in [0.4, 0.5) is 4.39 Å². The van der Waals surface area contributed by atoms with Crippen LogP contribution < -0.4 is 4.74 Å². The number of aryl methyl sites for hydroxylation is 1. The van der Waals surface area contributed by atoms with Crippen molar-refractivity contribution in [1.29, 1.82) is 0 Å². The van der Waals surface area contributed by atoms with E-state index in [0.29, 0.717) is 23.8 Å². The molecule has 5 heteroatoms. The third kappa shape index (κ3) is 4.59. The van der Waals surface area contributed by atoms with Gasteiger partial charge in [-0.2, -0.15) is 5.10 Å². The molecule has 1 aromatic heterocycles. The lowest BCUT2D eigenvalue weighted by Crippen LogP contribution is -2.05. The third-order valence-electron chi connectivity index (χ3n) is 3.64. The van der Waals surface area contributed by atoms with Crippen molar-refractivity contribution < 1.29 is 9.13 Å². The smallest absolute Gasteiger partial charge is 0.137 e. The van der Waals surface area contributed by atoms with Gasteiger partial charge in [-0.1, -0.05) is 29.8 Å². The number of ether oxygens (including phenoxy) is 1. The Morgan fingerprint density at radius 3 is 2.71 bits per heavy atom. The van der Waals surface area contributed by atoms with E-state index >= 15 is 0 Å². The van der Waals surface area contributed by atoms with Gasteiger partial charge < -0.3 is 4.74 Å². The molecular weight excluding hydrogens is 327 g/mol. The van der Waals surface area contributed by atoms with Crippen LogP contribution in [0.2, 0.25) is 5.02 Å². The molecule has 0 bridgehead atoms. The normalized spacial score (nSPS) is 10.8. The fourth-order valence-electron chi connectivity index (χ4n) is 2.50. The zero-order chi connectivity index (χ0) is 16.8. The Balaban J connectivity index is 1.54. The summed E-state index contributed by atoms with van der Waals surface area (Å²) < 4.78 is 20.8. The van der Waals surface area contributed by atoms with Crippen molar-refractivity contribution in [2.24, 2.45) is 0 Å². The molecule has 3 rings (SSSR count). The number of benzene rings is 2. The van der Waals surface area contributed by atoms with E-state index in [2.05, 4.69) is 5.10 Å². The molecule has 0 N–H and O–H groups in total. The molecule has 0 aliphatic rings. The van der Waals surface area contributed by atoms with Crippen LogP contribution >= 0.6 is 11.6 Å². The minimum absolute atomic E-state index is 0.226. The molecule has 0 aliphatic carbocycles. The maximum Gasteiger partial charge on any atom is 0.137 e. The Morgan fingerprint density at radius 2 is 1.96 bits per heavy atom. The predicted octanol–water partition coefficient (Wildman–Crippen LogP) is 4.74. The lowest BCUT2D eigenvalue weighted by atomic mass is 10.0. The van der Waals surface area contributed by atoms with Crippen LogP contribution in [0.3, 0.4) is 0 Å². The second-order valence-corrected chi connectivity index (χ2v) is 5.95. The van der Waals surface area contributed by atoms with E-state index in [1.807, 2.05) is 41.2 Å². The first-order valence-electron chi connectivity index (χ1n) is 7.84. The van der Waals surface area contributed by atoms with Crippen molar-refractivity contribution in [3.63, 3.8) is 0 Å². The SMILES string of the molecule is Fc1cccc(Cc2ccc(OCCCn3cccn3)c(Cl)c2)c1. The quantitative estimate of drug-likeness (QED) is 0.579. The number of aromatic nitrogens is 2. The van der Waals surface area contributed by atoms with Gasteiger partial charge in [-0.05, 0) is 47.9 Å². The van der Waals surface area contributed by atoms with Gasteiger partial charge in [0.15, 0.2) is 0 Å². The fourth-order valence-corrected chi connectivity index (χ4v) is 2.75. The standard InChI is InChI=1S/C19H18ClFN2O/c20-18-14-16(12-15-4-1-5-17(21)13-15)6-7-19(18)24-11-3-10-23-9-2-8-22-23/h1-2,4-9,13-14H,3,10-12H2. The summed E-state index contributed by atoms with van der Waals surface area (Å²) in [7, 11) is 0. The van der Waals surface area contributed by atoms with Crippen LogP contribution in [0.5, 0.6) is 5.75 Å². The van der Waals surface area contributed by atoms with Crippen molar-refractivity contribution in [3.8, 4) is 5.75 Å². The van der Waals surface area contributed by atoms with Crippen LogP contribution in [0, 0.1) is 5.82 Å². The van der Waals surface area contributed by atoms with Gasteiger partial charge in [-0.3, -0.25) is 4.68 Å². The summed E-state index contributed by atoms with van der Waals surface area (Å²) in [4.78, 5) is 0. The van der Waals surface area contributed by atoms with Crippen molar-refractivity contribution in [2.45, 2.75) is 19.4 Å². The molecule has 0 saturated heterocycles. The van der Waals surface area contributed by atoms with Gasteiger partial charge in [-0.25, -0.2) is 4.39 Å².